The fourth-order valence-electron chi connectivity index (χ4n) is 2.31. The molecule has 20 heavy (non-hydrogen) atoms. The van der Waals surface area contributed by atoms with Crippen LogP contribution in [0.5, 0.6) is 0 Å². The number of amides is 1. The summed E-state index contributed by atoms with van der Waals surface area (Å²) in [5, 5.41) is 9.56. The van der Waals surface area contributed by atoms with Gasteiger partial charge in [0.1, 0.15) is 0 Å². The molecule has 1 aromatic rings. The molecule has 1 aliphatic rings. The molecule has 108 valence electrons. The molecule has 1 aliphatic heterocycles. The van der Waals surface area contributed by atoms with E-state index in [0.717, 1.165) is 11.3 Å². The molecule has 2 rings (SSSR count). The maximum atomic E-state index is 12.6. The lowest BCUT2D eigenvalue weighted by Gasteiger charge is -2.35. The third kappa shape index (κ3) is 3.46. The van der Waals surface area contributed by atoms with Gasteiger partial charge >= 0.3 is 5.97 Å². The quantitative estimate of drug-likeness (QED) is 0.932. The van der Waals surface area contributed by atoms with Gasteiger partial charge in [-0.15, -0.1) is 0 Å². The molecular formula is C14H16ClNO3S. The molecular weight excluding hydrogens is 298 g/mol. The molecule has 0 aliphatic carbocycles. The second-order valence-electron chi connectivity index (χ2n) is 4.78. The van der Waals surface area contributed by atoms with E-state index >= 15 is 0 Å². The second-order valence-corrected chi connectivity index (χ2v) is 6.37. The van der Waals surface area contributed by atoms with Gasteiger partial charge < -0.3 is 10.0 Å². The van der Waals surface area contributed by atoms with Crippen molar-refractivity contribution in [3.63, 3.8) is 0 Å². The number of carbonyl (C=O) groups excluding carboxylic acids is 1. The van der Waals surface area contributed by atoms with Crippen LogP contribution < -0.4 is 0 Å². The predicted molar refractivity (Wildman–Crippen MR) is 80.6 cm³/mol. The van der Waals surface area contributed by atoms with E-state index in [1.54, 1.807) is 34.9 Å². The molecule has 1 N–H and O–H groups in total. The summed E-state index contributed by atoms with van der Waals surface area (Å²) in [4.78, 5) is 25.2. The van der Waals surface area contributed by atoms with Crippen LogP contribution in [0.15, 0.2) is 18.2 Å². The summed E-state index contributed by atoms with van der Waals surface area (Å²) in [5.41, 5.74) is 1.41. The molecule has 4 nitrogen and oxygen atoms in total. The number of carboxylic acids is 1. The first-order valence-electron chi connectivity index (χ1n) is 6.35. The predicted octanol–water partition coefficient (Wildman–Crippen LogP) is 2.68. The van der Waals surface area contributed by atoms with E-state index < -0.39 is 5.97 Å². The number of benzene rings is 1. The second kappa shape index (κ2) is 6.50. The van der Waals surface area contributed by atoms with Crippen molar-refractivity contribution >= 4 is 35.2 Å². The number of aryl methyl sites for hydroxylation is 1. The van der Waals surface area contributed by atoms with Crippen LogP contribution in [0.25, 0.3) is 0 Å². The molecule has 0 radical (unpaired) electrons. The summed E-state index contributed by atoms with van der Waals surface area (Å²) in [7, 11) is 0. The lowest BCUT2D eigenvalue weighted by molar-refractivity contribution is -0.138. The summed E-state index contributed by atoms with van der Waals surface area (Å²) < 4.78 is 0. The van der Waals surface area contributed by atoms with Gasteiger partial charge in [-0.1, -0.05) is 11.6 Å². The number of thioether (sulfide) groups is 1. The number of halogens is 1. The van der Waals surface area contributed by atoms with Gasteiger partial charge in [-0.25, -0.2) is 0 Å². The Labute approximate surface area is 127 Å². The average Bonchev–Trinajstić information content (AvgIpc) is 2.38. The van der Waals surface area contributed by atoms with E-state index in [2.05, 4.69) is 0 Å². The van der Waals surface area contributed by atoms with Crippen molar-refractivity contribution in [2.24, 2.45) is 0 Å². The third-order valence-corrected chi connectivity index (χ3v) is 4.64. The van der Waals surface area contributed by atoms with Gasteiger partial charge in [0.15, 0.2) is 0 Å². The minimum Gasteiger partial charge on any atom is -0.481 e. The Balaban J connectivity index is 2.22. The van der Waals surface area contributed by atoms with Crippen molar-refractivity contribution in [3.8, 4) is 0 Å². The summed E-state index contributed by atoms with van der Waals surface area (Å²) in [6, 6.07) is 4.90. The number of aliphatic carboxylic acids is 1. The number of carbonyl (C=O) groups is 2. The van der Waals surface area contributed by atoms with E-state index in [1.165, 1.54) is 0 Å². The summed E-state index contributed by atoms with van der Waals surface area (Å²) in [6.07, 6.45) is -0.00855. The molecule has 0 saturated carbocycles. The number of hydrogen-bond acceptors (Lipinski definition) is 3. The SMILES string of the molecule is Cc1cc(Cl)ccc1C(=O)N1CCSCC1CC(=O)O. The highest BCUT2D eigenvalue weighted by atomic mass is 35.5. The zero-order valence-corrected chi connectivity index (χ0v) is 12.7. The van der Waals surface area contributed by atoms with Crippen LogP contribution in [0.1, 0.15) is 22.3 Å². The lowest BCUT2D eigenvalue weighted by atomic mass is 10.1. The van der Waals surface area contributed by atoms with Crippen molar-refractivity contribution < 1.29 is 14.7 Å². The van der Waals surface area contributed by atoms with E-state index in [-0.39, 0.29) is 18.4 Å². The maximum absolute atomic E-state index is 12.6. The monoisotopic (exact) mass is 313 g/mol. The van der Waals surface area contributed by atoms with Gasteiger partial charge in [-0.2, -0.15) is 11.8 Å². The minimum absolute atomic E-state index is 0.00855. The van der Waals surface area contributed by atoms with Crippen LogP contribution in [0, 0.1) is 6.92 Å². The van der Waals surface area contributed by atoms with Crippen molar-refractivity contribution in [3.05, 3.63) is 34.3 Å². The van der Waals surface area contributed by atoms with Crippen LogP contribution in [-0.4, -0.2) is 46.0 Å². The van der Waals surface area contributed by atoms with Crippen molar-refractivity contribution in [1.82, 2.24) is 4.90 Å². The number of carboxylic acid groups (broad SMARTS) is 1. The zero-order valence-electron chi connectivity index (χ0n) is 11.1. The number of rotatable bonds is 3. The molecule has 1 fully saturated rings. The number of hydrogen-bond donors (Lipinski definition) is 1. The topological polar surface area (TPSA) is 57.6 Å². The Hall–Kier alpha value is -1.20. The molecule has 1 saturated heterocycles. The largest absolute Gasteiger partial charge is 0.481 e. The molecule has 1 amide bonds. The zero-order chi connectivity index (χ0) is 14.7. The molecule has 1 heterocycles. The summed E-state index contributed by atoms with van der Waals surface area (Å²) in [5.74, 6) is 0.535. The van der Waals surface area contributed by atoms with Gasteiger partial charge in [0, 0.05) is 28.6 Å². The highest BCUT2D eigenvalue weighted by molar-refractivity contribution is 7.99. The van der Waals surface area contributed by atoms with Gasteiger partial charge in [0.25, 0.3) is 5.91 Å². The van der Waals surface area contributed by atoms with Crippen LogP contribution in [-0.2, 0) is 4.79 Å². The normalized spacial score (nSPS) is 18.9. The fourth-order valence-corrected chi connectivity index (χ4v) is 3.60. The first-order chi connectivity index (χ1) is 9.49. The van der Waals surface area contributed by atoms with Crippen molar-refractivity contribution in [1.29, 1.82) is 0 Å². The van der Waals surface area contributed by atoms with E-state index in [1.807, 2.05) is 6.92 Å². The average molecular weight is 314 g/mol. The molecule has 1 unspecified atom stereocenters. The highest BCUT2D eigenvalue weighted by Crippen LogP contribution is 2.23. The van der Waals surface area contributed by atoms with Crippen LogP contribution in [0.4, 0.5) is 0 Å². The Kier molecular flexibility index (Phi) is 4.94. The summed E-state index contributed by atoms with van der Waals surface area (Å²) in [6.45, 7) is 2.42. The van der Waals surface area contributed by atoms with Gasteiger partial charge in [0.2, 0.25) is 0 Å². The Morgan fingerprint density at radius 3 is 2.90 bits per heavy atom. The Morgan fingerprint density at radius 2 is 2.25 bits per heavy atom. The van der Waals surface area contributed by atoms with Crippen molar-refractivity contribution in [2.75, 3.05) is 18.1 Å². The van der Waals surface area contributed by atoms with Crippen molar-refractivity contribution in [2.45, 2.75) is 19.4 Å². The lowest BCUT2D eigenvalue weighted by Crippen LogP contribution is -2.47. The van der Waals surface area contributed by atoms with Gasteiger partial charge in [0.05, 0.1) is 12.5 Å². The van der Waals surface area contributed by atoms with Gasteiger partial charge in [-0.3, -0.25) is 9.59 Å². The van der Waals surface area contributed by atoms with Crippen LogP contribution in [0.2, 0.25) is 5.02 Å². The van der Waals surface area contributed by atoms with E-state index in [9.17, 15) is 9.59 Å². The van der Waals surface area contributed by atoms with Crippen LogP contribution >= 0.6 is 23.4 Å². The molecule has 1 aromatic carbocycles. The molecule has 0 aromatic heterocycles. The standard InChI is InChI=1S/C14H16ClNO3S/c1-9-6-10(15)2-3-12(9)14(19)16-4-5-20-8-11(16)7-13(17)18/h2-3,6,11H,4-5,7-8H2,1H3,(H,17,18). The minimum atomic E-state index is -0.872. The molecule has 0 spiro atoms. The number of nitrogens with zero attached hydrogens (tertiary/aromatic N) is 1. The summed E-state index contributed by atoms with van der Waals surface area (Å²) >= 11 is 7.59. The third-order valence-electron chi connectivity index (χ3n) is 3.32. The van der Waals surface area contributed by atoms with Crippen LogP contribution in [0.3, 0.4) is 0 Å². The smallest absolute Gasteiger partial charge is 0.305 e. The molecule has 1 atom stereocenters. The first-order valence-corrected chi connectivity index (χ1v) is 7.89. The maximum Gasteiger partial charge on any atom is 0.305 e. The van der Waals surface area contributed by atoms with Gasteiger partial charge in [-0.05, 0) is 30.7 Å². The Morgan fingerprint density at radius 1 is 1.50 bits per heavy atom. The van der Waals surface area contributed by atoms with E-state index in [0.29, 0.717) is 22.9 Å². The highest BCUT2D eigenvalue weighted by Gasteiger charge is 2.30. The first kappa shape index (κ1) is 15.2. The Bertz CT molecular complexity index is 535. The fraction of sp³-hybridized carbons (Fsp3) is 0.429. The molecule has 0 bridgehead atoms. The molecule has 6 heteroatoms. The van der Waals surface area contributed by atoms with E-state index in [4.69, 9.17) is 16.7 Å².